The molecule has 2 heterocycles. The summed E-state index contributed by atoms with van der Waals surface area (Å²) >= 11 is 0. The molecule has 1 saturated heterocycles. The number of aromatic nitrogens is 2. The molecule has 1 aliphatic rings. The number of H-pyrrole nitrogens is 1. The van der Waals surface area contributed by atoms with E-state index < -0.39 is 0 Å². The monoisotopic (exact) mass is 389 g/mol. The van der Waals surface area contributed by atoms with Gasteiger partial charge >= 0.3 is 0 Å². The molecule has 0 aliphatic carbocycles. The van der Waals surface area contributed by atoms with Gasteiger partial charge in [0.05, 0.1) is 43.5 Å². The molecule has 3 unspecified atom stereocenters. The molecule has 0 radical (unpaired) electrons. The number of nitrogens with zero attached hydrogens (tertiary/aromatic N) is 2. The zero-order valence-electron chi connectivity index (χ0n) is 16.5. The highest BCUT2D eigenvalue weighted by Gasteiger charge is 2.46. The lowest BCUT2D eigenvalue weighted by Crippen LogP contribution is -2.29. The molecule has 0 spiro atoms. The predicted octanol–water partition coefficient (Wildman–Crippen LogP) is 4.27. The molecule has 0 bridgehead atoms. The topological polar surface area (TPSA) is 67.5 Å². The van der Waals surface area contributed by atoms with E-state index in [1.54, 1.807) is 26.6 Å². The van der Waals surface area contributed by atoms with Crippen molar-refractivity contribution in [2.45, 2.75) is 6.04 Å². The van der Waals surface area contributed by atoms with E-state index in [1.165, 1.54) is 0 Å². The van der Waals surface area contributed by atoms with Gasteiger partial charge in [0, 0.05) is 11.6 Å². The van der Waals surface area contributed by atoms with Crippen LogP contribution in [-0.2, 0) is 4.79 Å². The number of ether oxygens (including phenoxy) is 2. The van der Waals surface area contributed by atoms with Crippen LogP contribution < -0.4 is 14.4 Å². The number of nitrogens with one attached hydrogen (secondary N) is 1. The van der Waals surface area contributed by atoms with E-state index in [9.17, 15) is 4.79 Å². The van der Waals surface area contributed by atoms with Gasteiger partial charge in [0.1, 0.15) is 0 Å². The third-order valence-corrected chi connectivity index (χ3v) is 5.54. The Bertz CT molecular complexity index is 1090. The van der Waals surface area contributed by atoms with Crippen molar-refractivity contribution in [2.75, 3.05) is 19.1 Å². The Morgan fingerprint density at radius 3 is 2.55 bits per heavy atom. The van der Waals surface area contributed by atoms with Crippen molar-refractivity contribution in [3.8, 4) is 11.5 Å². The highest BCUT2D eigenvalue weighted by Crippen LogP contribution is 2.47. The maximum Gasteiger partial charge on any atom is 0.235 e. The molecule has 1 aromatic heterocycles. The Morgan fingerprint density at radius 2 is 1.86 bits per heavy atom. The number of rotatable bonds is 6. The number of hydrogen-bond acceptors (Lipinski definition) is 4. The zero-order chi connectivity index (χ0) is 20.5. The van der Waals surface area contributed by atoms with Crippen LogP contribution in [0.3, 0.4) is 0 Å². The first kappa shape index (κ1) is 18.8. The lowest BCUT2D eigenvalue weighted by molar-refractivity contribution is -0.119. The molecular formula is C23H23N3O3. The fourth-order valence-electron chi connectivity index (χ4n) is 4.13. The van der Waals surface area contributed by atoms with Crippen molar-refractivity contribution in [3.05, 3.63) is 73.6 Å². The number of carbonyl (C=O) groups excluding carboxylic acids is 1. The first-order valence-corrected chi connectivity index (χ1v) is 9.36. The van der Waals surface area contributed by atoms with Gasteiger partial charge < -0.3 is 19.4 Å². The van der Waals surface area contributed by atoms with Gasteiger partial charge in [-0.05, 0) is 35.9 Å². The SMILES string of the molecule is C=CC1C(=O)N(c2ccc3nc[nH]c3c2)C(c2ccc(OC)c(OC)c2)C1C=C. The van der Waals surface area contributed by atoms with Crippen molar-refractivity contribution in [2.24, 2.45) is 11.8 Å². The van der Waals surface area contributed by atoms with E-state index in [0.29, 0.717) is 11.5 Å². The zero-order valence-corrected chi connectivity index (χ0v) is 16.5. The lowest BCUT2D eigenvalue weighted by Gasteiger charge is -2.28. The number of benzene rings is 2. The minimum absolute atomic E-state index is 0.0106. The van der Waals surface area contributed by atoms with Crippen LogP contribution in [0.15, 0.2) is 68.0 Å². The van der Waals surface area contributed by atoms with Crippen molar-refractivity contribution in [1.29, 1.82) is 0 Å². The minimum atomic E-state index is -0.358. The number of hydrogen-bond donors (Lipinski definition) is 1. The largest absolute Gasteiger partial charge is 0.493 e. The number of imidazole rings is 1. The van der Waals surface area contributed by atoms with Gasteiger partial charge in [0.2, 0.25) is 5.91 Å². The Balaban J connectivity index is 1.87. The van der Waals surface area contributed by atoms with Crippen LogP contribution >= 0.6 is 0 Å². The first-order chi connectivity index (χ1) is 14.1. The lowest BCUT2D eigenvalue weighted by atomic mass is 9.86. The number of methoxy groups -OCH3 is 2. The molecule has 1 N–H and O–H groups in total. The standard InChI is InChI=1S/C23H23N3O3/c1-5-16-17(6-2)23(27)26(15-8-9-18-19(12-15)25-13-24-18)22(16)14-7-10-20(28-3)21(11-14)29-4/h5-13,16-17,22H,1-2H2,3-4H3,(H,24,25). The molecule has 3 aromatic rings. The highest BCUT2D eigenvalue weighted by atomic mass is 16.5. The Labute approximate surface area is 169 Å². The van der Waals surface area contributed by atoms with Gasteiger partial charge in [-0.15, -0.1) is 13.2 Å². The van der Waals surface area contributed by atoms with Crippen LogP contribution in [0.1, 0.15) is 11.6 Å². The molecule has 4 rings (SSSR count). The number of fused-ring (bicyclic) bond motifs is 1. The predicted molar refractivity (Wildman–Crippen MR) is 113 cm³/mol. The molecule has 6 heteroatoms. The summed E-state index contributed by atoms with van der Waals surface area (Å²) in [5, 5.41) is 0. The summed E-state index contributed by atoms with van der Waals surface area (Å²) in [5.74, 6) is 0.759. The van der Waals surface area contributed by atoms with E-state index in [2.05, 4.69) is 23.1 Å². The van der Waals surface area contributed by atoms with Gasteiger partial charge in [0.25, 0.3) is 0 Å². The molecule has 6 nitrogen and oxygen atoms in total. The van der Waals surface area contributed by atoms with Gasteiger partial charge in [-0.2, -0.15) is 0 Å². The van der Waals surface area contributed by atoms with Crippen molar-refractivity contribution >= 4 is 22.6 Å². The number of carbonyl (C=O) groups is 1. The molecular weight excluding hydrogens is 366 g/mol. The van der Waals surface area contributed by atoms with Crippen molar-refractivity contribution in [3.63, 3.8) is 0 Å². The third kappa shape index (κ3) is 2.97. The quantitative estimate of drug-likeness (QED) is 0.639. The fraction of sp³-hybridized carbons (Fsp3) is 0.217. The van der Waals surface area contributed by atoms with E-state index in [0.717, 1.165) is 22.3 Å². The molecule has 1 amide bonds. The minimum Gasteiger partial charge on any atom is -0.493 e. The number of anilines is 1. The second-order valence-corrected chi connectivity index (χ2v) is 6.95. The summed E-state index contributed by atoms with van der Waals surface area (Å²) in [6.07, 6.45) is 5.18. The van der Waals surface area contributed by atoms with Crippen LogP contribution in [0.5, 0.6) is 11.5 Å². The summed E-state index contributed by atoms with van der Waals surface area (Å²) in [7, 11) is 3.20. The Morgan fingerprint density at radius 1 is 1.07 bits per heavy atom. The molecule has 1 fully saturated rings. The normalized spacial score (nSPS) is 21.4. The average Bonchev–Trinajstić information content (AvgIpc) is 3.33. The maximum atomic E-state index is 13.4. The van der Waals surface area contributed by atoms with E-state index in [1.807, 2.05) is 47.4 Å². The maximum absolute atomic E-state index is 13.4. The van der Waals surface area contributed by atoms with Crippen LogP contribution in [0.2, 0.25) is 0 Å². The average molecular weight is 389 g/mol. The molecule has 148 valence electrons. The highest BCUT2D eigenvalue weighted by molar-refractivity contribution is 6.01. The summed E-state index contributed by atoms with van der Waals surface area (Å²) in [6.45, 7) is 7.89. The molecule has 2 aromatic carbocycles. The molecule has 0 saturated carbocycles. The summed E-state index contributed by atoms with van der Waals surface area (Å²) in [4.78, 5) is 22.6. The van der Waals surface area contributed by atoms with E-state index in [-0.39, 0.29) is 23.8 Å². The Kier molecular flexibility index (Phi) is 4.84. The van der Waals surface area contributed by atoms with Gasteiger partial charge in [-0.3, -0.25) is 4.79 Å². The van der Waals surface area contributed by atoms with Crippen LogP contribution in [-0.4, -0.2) is 30.1 Å². The second kappa shape index (κ2) is 7.47. The first-order valence-electron chi connectivity index (χ1n) is 9.36. The summed E-state index contributed by atoms with van der Waals surface area (Å²) < 4.78 is 10.9. The van der Waals surface area contributed by atoms with Gasteiger partial charge in [-0.1, -0.05) is 18.2 Å². The third-order valence-electron chi connectivity index (χ3n) is 5.54. The molecule has 29 heavy (non-hydrogen) atoms. The Hall–Kier alpha value is -3.54. The van der Waals surface area contributed by atoms with Crippen LogP contribution in [0, 0.1) is 11.8 Å². The van der Waals surface area contributed by atoms with Gasteiger partial charge in [0.15, 0.2) is 11.5 Å². The smallest absolute Gasteiger partial charge is 0.235 e. The molecule has 3 atom stereocenters. The fourth-order valence-corrected chi connectivity index (χ4v) is 4.13. The van der Waals surface area contributed by atoms with Crippen molar-refractivity contribution in [1.82, 2.24) is 9.97 Å². The number of aromatic amines is 1. The number of amides is 1. The summed E-state index contributed by atoms with van der Waals surface area (Å²) in [6, 6.07) is 11.3. The summed E-state index contributed by atoms with van der Waals surface area (Å²) in [5.41, 5.74) is 3.46. The van der Waals surface area contributed by atoms with Gasteiger partial charge in [-0.25, -0.2) is 4.98 Å². The second-order valence-electron chi connectivity index (χ2n) is 6.95. The van der Waals surface area contributed by atoms with E-state index in [4.69, 9.17) is 9.47 Å². The molecule has 1 aliphatic heterocycles. The van der Waals surface area contributed by atoms with Crippen LogP contribution in [0.25, 0.3) is 11.0 Å². The van der Waals surface area contributed by atoms with E-state index >= 15 is 0 Å². The van der Waals surface area contributed by atoms with Crippen LogP contribution in [0.4, 0.5) is 5.69 Å². The van der Waals surface area contributed by atoms with Crippen molar-refractivity contribution < 1.29 is 14.3 Å².